The maximum Gasteiger partial charge on any atom is 0.323 e. The summed E-state index contributed by atoms with van der Waals surface area (Å²) >= 11 is 6.97. The first-order chi connectivity index (χ1) is 6.98. The average molecular weight is 269 g/mol. The van der Waals surface area contributed by atoms with Gasteiger partial charge in [0.25, 0.3) is 0 Å². The molecule has 1 saturated heterocycles. The van der Waals surface area contributed by atoms with Crippen LogP contribution in [-0.4, -0.2) is 31.5 Å². The first-order valence-electron chi connectivity index (χ1n) is 4.73. The molecule has 1 rings (SSSR count). The van der Waals surface area contributed by atoms with Crippen LogP contribution in [0.4, 0.5) is 0 Å². The number of nitrogens with one attached hydrogen (secondary N) is 1. The Morgan fingerprint density at radius 2 is 2.33 bits per heavy atom. The molecular formula is C8H16NO3PS2. The summed E-state index contributed by atoms with van der Waals surface area (Å²) in [6.45, 7) is 4.58. The van der Waals surface area contributed by atoms with E-state index in [1.807, 2.05) is 13.8 Å². The Bertz CT molecular complexity index is 275. The van der Waals surface area contributed by atoms with Crippen molar-refractivity contribution in [2.24, 2.45) is 5.92 Å². The molecule has 0 aromatic rings. The van der Waals surface area contributed by atoms with Gasteiger partial charge in [-0.05, 0) is 17.7 Å². The van der Waals surface area contributed by atoms with Gasteiger partial charge >= 0.3 is 5.97 Å². The third-order valence-electron chi connectivity index (χ3n) is 2.02. The maximum absolute atomic E-state index is 11.5. The topological polar surface area (TPSA) is 47.6 Å². The molecule has 7 heteroatoms. The monoisotopic (exact) mass is 269 g/mol. The predicted octanol–water partition coefficient (Wildman–Crippen LogP) is 1.76. The van der Waals surface area contributed by atoms with Crippen LogP contribution in [0.25, 0.3) is 0 Å². The largest absolute Gasteiger partial charge is 0.468 e. The molecule has 0 aromatic heterocycles. The van der Waals surface area contributed by atoms with E-state index in [-0.39, 0.29) is 17.9 Å². The van der Waals surface area contributed by atoms with Gasteiger partial charge in [0.15, 0.2) is 5.62 Å². The second-order valence-corrected chi connectivity index (χ2v) is 10.3. The standard InChI is InChI=1S/C8H16NO3PS2/c1-6(2)7(8(10)11-3)9-13(14)12-4-5-15-13/h6-7H,4-5H2,1-3H3,(H,9,14)/t7-,13?/m0/s1. The number of esters is 1. The molecule has 1 aliphatic heterocycles. The molecule has 1 heterocycles. The highest BCUT2D eigenvalue weighted by Crippen LogP contribution is 2.60. The van der Waals surface area contributed by atoms with Gasteiger partial charge in [-0.2, -0.15) is 0 Å². The fourth-order valence-electron chi connectivity index (χ4n) is 1.20. The van der Waals surface area contributed by atoms with Gasteiger partial charge in [0.2, 0.25) is 0 Å². The van der Waals surface area contributed by atoms with E-state index >= 15 is 0 Å². The van der Waals surface area contributed by atoms with E-state index < -0.39 is 5.62 Å². The SMILES string of the molecule is COC(=O)[C@@H](NP1(=S)OCCS1)C(C)C. The molecule has 0 aromatic carbocycles. The van der Waals surface area contributed by atoms with Crippen molar-refractivity contribution in [2.45, 2.75) is 19.9 Å². The Labute approximate surface area is 99.4 Å². The lowest BCUT2D eigenvalue weighted by Gasteiger charge is -2.24. The molecule has 1 fully saturated rings. The van der Waals surface area contributed by atoms with Crippen LogP contribution in [0, 0.1) is 5.92 Å². The van der Waals surface area contributed by atoms with E-state index in [0.717, 1.165) is 5.75 Å². The van der Waals surface area contributed by atoms with Gasteiger partial charge in [-0.1, -0.05) is 25.2 Å². The second kappa shape index (κ2) is 5.64. The van der Waals surface area contributed by atoms with Crippen molar-refractivity contribution in [3.8, 4) is 0 Å². The lowest BCUT2D eigenvalue weighted by molar-refractivity contribution is -0.143. The van der Waals surface area contributed by atoms with Crippen LogP contribution in [0.5, 0.6) is 0 Å². The molecule has 2 atom stereocenters. The van der Waals surface area contributed by atoms with Gasteiger partial charge in [-0.25, -0.2) is 5.09 Å². The minimum Gasteiger partial charge on any atom is -0.468 e. The van der Waals surface area contributed by atoms with E-state index in [1.165, 1.54) is 7.11 Å². The van der Waals surface area contributed by atoms with Crippen molar-refractivity contribution >= 4 is 34.8 Å². The van der Waals surface area contributed by atoms with Crippen LogP contribution < -0.4 is 5.09 Å². The lowest BCUT2D eigenvalue weighted by atomic mass is 10.1. The average Bonchev–Trinajstić information content (AvgIpc) is 2.60. The van der Waals surface area contributed by atoms with Gasteiger partial charge in [0, 0.05) is 5.75 Å². The fraction of sp³-hybridized carbons (Fsp3) is 0.875. The molecule has 0 amide bonds. The van der Waals surface area contributed by atoms with E-state index in [9.17, 15) is 4.79 Å². The Morgan fingerprint density at radius 3 is 2.73 bits per heavy atom. The normalized spacial score (nSPS) is 28.0. The highest BCUT2D eigenvalue weighted by Gasteiger charge is 2.32. The summed E-state index contributed by atoms with van der Waals surface area (Å²) in [6, 6.07) is -0.369. The van der Waals surface area contributed by atoms with E-state index in [0.29, 0.717) is 6.61 Å². The molecular weight excluding hydrogens is 253 g/mol. The van der Waals surface area contributed by atoms with Crippen LogP contribution in [-0.2, 0) is 25.9 Å². The molecule has 15 heavy (non-hydrogen) atoms. The summed E-state index contributed by atoms with van der Waals surface area (Å²) in [5, 5.41) is 3.13. The minimum absolute atomic E-state index is 0.141. The third kappa shape index (κ3) is 3.71. The van der Waals surface area contributed by atoms with E-state index in [2.05, 4.69) is 5.09 Å². The smallest absolute Gasteiger partial charge is 0.323 e. The Balaban J connectivity index is 2.66. The van der Waals surface area contributed by atoms with Crippen LogP contribution in [0.3, 0.4) is 0 Å². The van der Waals surface area contributed by atoms with Crippen LogP contribution >= 0.6 is 17.0 Å². The minimum atomic E-state index is -2.05. The highest BCUT2D eigenvalue weighted by molar-refractivity contribution is 8.69. The number of ether oxygens (including phenoxy) is 1. The van der Waals surface area contributed by atoms with Crippen LogP contribution in [0.2, 0.25) is 0 Å². The number of hydrogen-bond acceptors (Lipinski definition) is 5. The first kappa shape index (κ1) is 13.5. The molecule has 0 bridgehead atoms. The molecule has 0 radical (unpaired) electrons. The number of carbonyl (C=O) groups excluding carboxylic acids is 1. The number of rotatable bonds is 4. The zero-order chi connectivity index (χ0) is 11.5. The summed E-state index contributed by atoms with van der Waals surface area (Å²) in [7, 11) is 1.39. The molecule has 1 unspecified atom stereocenters. The van der Waals surface area contributed by atoms with Crippen molar-refractivity contribution in [2.75, 3.05) is 19.5 Å². The Morgan fingerprint density at radius 1 is 1.67 bits per heavy atom. The van der Waals surface area contributed by atoms with Crippen LogP contribution in [0.1, 0.15) is 13.8 Å². The Kier molecular flexibility index (Phi) is 5.06. The van der Waals surface area contributed by atoms with Crippen molar-refractivity contribution in [1.29, 1.82) is 0 Å². The van der Waals surface area contributed by atoms with E-state index in [4.69, 9.17) is 21.1 Å². The summed E-state index contributed by atoms with van der Waals surface area (Å²) < 4.78 is 10.2. The van der Waals surface area contributed by atoms with Crippen molar-refractivity contribution in [3.05, 3.63) is 0 Å². The fourth-order valence-corrected chi connectivity index (χ4v) is 6.21. The van der Waals surface area contributed by atoms with Crippen molar-refractivity contribution in [1.82, 2.24) is 5.09 Å². The zero-order valence-electron chi connectivity index (χ0n) is 9.06. The summed E-state index contributed by atoms with van der Waals surface area (Å²) in [5.74, 6) is 0.767. The number of methoxy groups -OCH3 is 1. The Hall–Kier alpha value is 0.390. The number of carbonyl (C=O) groups is 1. The molecule has 4 nitrogen and oxygen atoms in total. The second-order valence-electron chi connectivity index (χ2n) is 3.54. The quantitative estimate of drug-likeness (QED) is 0.620. The first-order valence-corrected chi connectivity index (χ1v) is 9.04. The zero-order valence-corrected chi connectivity index (χ0v) is 11.6. The lowest BCUT2D eigenvalue weighted by Crippen LogP contribution is -2.39. The van der Waals surface area contributed by atoms with Gasteiger partial charge < -0.3 is 9.26 Å². The highest BCUT2D eigenvalue weighted by atomic mass is 32.9. The van der Waals surface area contributed by atoms with Gasteiger partial charge in [0.05, 0.1) is 13.7 Å². The third-order valence-corrected chi connectivity index (χ3v) is 7.61. The van der Waals surface area contributed by atoms with Gasteiger partial charge in [0.1, 0.15) is 6.04 Å². The summed E-state index contributed by atoms with van der Waals surface area (Å²) in [5.41, 5.74) is -2.05. The number of hydrogen-bond donors (Lipinski definition) is 1. The predicted molar refractivity (Wildman–Crippen MR) is 66.5 cm³/mol. The molecule has 0 aliphatic carbocycles. The molecule has 0 saturated carbocycles. The summed E-state index contributed by atoms with van der Waals surface area (Å²) in [6.07, 6.45) is 0. The van der Waals surface area contributed by atoms with E-state index in [1.54, 1.807) is 11.4 Å². The van der Waals surface area contributed by atoms with Gasteiger partial charge in [-0.3, -0.25) is 4.79 Å². The molecule has 88 valence electrons. The van der Waals surface area contributed by atoms with Crippen molar-refractivity contribution < 1.29 is 14.1 Å². The molecule has 1 N–H and O–H groups in total. The maximum atomic E-state index is 11.5. The van der Waals surface area contributed by atoms with Gasteiger partial charge in [-0.15, -0.1) is 0 Å². The summed E-state index contributed by atoms with van der Waals surface area (Å²) in [4.78, 5) is 11.5. The van der Waals surface area contributed by atoms with Crippen LogP contribution in [0.15, 0.2) is 0 Å². The molecule has 0 spiro atoms. The molecule has 1 aliphatic rings. The van der Waals surface area contributed by atoms with Crippen molar-refractivity contribution in [3.63, 3.8) is 0 Å².